The fourth-order valence-corrected chi connectivity index (χ4v) is 7.46. The highest BCUT2D eigenvalue weighted by atomic mass is 32.2. The van der Waals surface area contributed by atoms with Crippen molar-refractivity contribution in [3.8, 4) is 5.75 Å². The Balaban J connectivity index is -0.000000154. The summed E-state index contributed by atoms with van der Waals surface area (Å²) in [6, 6.07) is 39.0. The van der Waals surface area contributed by atoms with E-state index in [1.165, 1.54) is 40.4 Å². The third-order valence-corrected chi connectivity index (χ3v) is 13.6. The van der Waals surface area contributed by atoms with Crippen molar-refractivity contribution < 1.29 is 71.8 Å². The number of methoxy groups -OCH3 is 1. The van der Waals surface area contributed by atoms with Gasteiger partial charge in [0.05, 0.1) is 11.5 Å². The molecule has 1 saturated carbocycles. The maximum atomic E-state index is 10.6. The van der Waals surface area contributed by atoms with E-state index < -0.39 is 0 Å². The Morgan fingerprint density at radius 2 is 0.830 bits per heavy atom. The van der Waals surface area contributed by atoms with E-state index in [0.717, 1.165) is 54.7 Å². The highest BCUT2D eigenvalue weighted by molar-refractivity contribution is 8.00. The molecule has 4 aromatic carbocycles. The molecule has 566 valence electrons. The maximum Gasteiger partial charge on any atom is 0.167 e. The summed E-state index contributed by atoms with van der Waals surface area (Å²) in [6.07, 6.45) is 9.69. The van der Waals surface area contributed by atoms with Gasteiger partial charge in [0.15, 0.2) is 11.6 Å². The van der Waals surface area contributed by atoms with Crippen molar-refractivity contribution in [2.75, 3.05) is 38.1 Å². The largest absolute Gasteiger partial charge is 0.486 e. The van der Waals surface area contributed by atoms with Gasteiger partial charge >= 0.3 is 0 Å². The zero-order valence-corrected chi connectivity index (χ0v) is 68.2. The van der Waals surface area contributed by atoms with Crippen LogP contribution in [0, 0.1) is 35.0 Å². The summed E-state index contributed by atoms with van der Waals surface area (Å²) in [5, 5.41) is 0. The lowest BCUT2D eigenvalue weighted by atomic mass is 9.91. The van der Waals surface area contributed by atoms with Crippen LogP contribution in [-0.4, -0.2) is 113 Å². The molecule has 4 aromatic rings. The average Bonchev–Trinajstić information content (AvgIpc) is 1.79. The van der Waals surface area contributed by atoms with E-state index in [4.69, 9.17) is 4.74 Å². The fraction of sp³-hybridized carbons (Fsp3) is 0.554. The number of rotatable bonds is 24. The normalized spacial score (nSPS) is 10.1. The molecule has 5 rings (SSSR count). The molecule has 0 aromatic heterocycles. The fourth-order valence-electron chi connectivity index (χ4n) is 6.33. The molecule has 0 spiro atoms. The second-order valence-electron chi connectivity index (χ2n) is 26.1. The molecule has 0 bridgehead atoms. The van der Waals surface area contributed by atoms with Crippen molar-refractivity contribution >= 4 is 98.7 Å². The summed E-state index contributed by atoms with van der Waals surface area (Å²) in [6.45, 7) is 44.6. The highest BCUT2D eigenvalue weighted by Crippen LogP contribution is 2.29. The van der Waals surface area contributed by atoms with Crippen molar-refractivity contribution in [3.05, 3.63) is 132 Å². The molecule has 1 fully saturated rings. The first-order chi connectivity index (χ1) is 46.3. The summed E-state index contributed by atoms with van der Waals surface area (Å²) >= 11 is 3.14. The number of hydrogen-bond acceptors (Lipinski definition) is 17. The predicted molar refractivity (Wildman–Crippen MR) is 419 cm³/mol. The Bertz CT molecular complexity index is 2600. The van der Waals surface area contributed by atoms with Crippen LogP contribution in [0.5, 0.6) is 5.75 Å². The summed E-state index contributed by atoms with van der Waals surface area (Å²) in [5.74, 6) is 6.69. The van der Waals surface area contributed by atoms with Crippen LogP contribution in [0.4, 0.5) is 0 Å². The van der Waals surface area contributed by atoms with E-state index in [-0.39, 0.29) is 94.1 Å². The van der Waals surface area contributed by atoms with Crippen LogP contribution in [0.1, 0.15) is 229 Å². The number of carbonyl (C=O) groups excluding carboxylic acids is 13. The standard InChI is InChI=1S/C10H12O.C9H10O2.C9H10OS.C9H10O.2C7H14O.C6H12O.C5H8O.2C5H10O.C4H8O2.C4H8OS.C3H6O/c1-9(11)7-8-10-5-3-2-4-6-10;2*1-8(10)7-11-9-5-3-2-4-6-9;1-8(10)7-9-5-3-2-4-6-9;1-6(8)5-7(2,3)4;1-4-7(5-2)6(3)8;1-5(2)4-6(3)7;1-4(6)5-2-3-5;2*1-4(2)5(3)6;2*1-4(5)3-6-2;1-3(2)4/h2-6H,7-8H2,1H3;2*2-6H,7H2,1H3;2-6H,7H2,1H3;5H2,1-4H3;7H,4-5H2,1-3H3;5H,4H2,1-3H3;5H,2-3H2,1H3;2*4H,1-3H3;2*3H2,1-2H3;1-2H3. The van der Waals surface area contributed by atoms with Gasteiger partial charge in [-0.3, -0.25) is 43.2 Å². The lowest BCUT2D eigenvalue weighted by Crippen LogP contribution is -2.09. The van der Waals surface area contributed by atoms with Crippen LogP contribution in [0.3, 0.4) is 0 Å². The van der Waals surface area contributed by atoms with E-state index in [9.17, 15) is 62.3 Å². The Hall–Kier alpha value is -6.95. The monoisotopic (exact) mass is 1430 g/mol. The summed E-state index contributed by atoms with van der Waals surface area (Å²) in [7, 11) is 1.50. The zero-order chi connectivity index (χ0) is 79.4. The van der Waals surface area contributed by atoms with Crippen LogP contribution < -0.4 is 4.74 Å². The van der Waals surface area contributed by atoms with Crippen LogP contribution in [0.25, 0.3) is 0 Å². The third-order valence-electron chi connectivity index (χ3n) is 11.8. The smallest absolute Gasteiger partial charge is 0.167 e. The zero-order valence-electron chi connectivity index (χ0n) is 66.6. The number of para-hydroxylation sites is 1. The minimum atomic E-state index is 0.0360. The van der Waals surface area contributed by atoms with Gasteiger partial charge in [-0.25, -0.2) is 0 Å². The first-order valence-corrected chi connectivity index (χ1v) is 36.5. The molecule has 0 unspecified atom stereocenters. The average molecular weight is 1430 g/mol. The second-order valence-corrected chi connectivity index (χ2v) is 28.0. The number of aryl methyl sites for hydroxylation is 1. The SMILES string of the molecule is CC(=O)C(C)C.CC(=O)C(C)C.CC(=O)C1CC1.CC(=O)CC(C)(C)C.CC(=O)CC(C)C.CC(=O)CCc1ccccc1.CC(=O)COc1ccccc1.CC(=O)CSc1ccccc1.CC(=O)Cc1ccccc1.CC(C)=O.CCC(CC)C(C)=O.COCC(C)=O.CSCC(C)=O. The van der Waals surface area contributed by atoms with Crippen LogP contribution in [0.15, 0.2) is 126 Å². The molecule has 0 heterocycles. The van der Waals surface area contributed by atoms with Crippen molar-refractivity contribution in [2.45, 2.75) is 236 Å². The van der Waals surface area contributed by atoms with Gasteiger partial charge in [0.25, 0.3) is 0 Å². The Kier molecular flexibility index (Phi) is 79.9. The van der Waals surface area contributed by atoms with Crippen molar-refractivity contribution in [2.24, 2.45) is 35.0 Å². The Labute approximate surface area is 614 Å². The number of ketones is 13. The molecule has 100 heavy (non-hydrogen) atoms. The lowest BCUT2D eigenvalue weighted by molar-refractivity contribution is -0.121. The third kappa shape index (κ3) is 110. The number of hydrogen-bond donors (Lipinski definition) is 0. The molecule has 0 saturated heterocycles. The van der Waals surface area contributed by atoms with Crippen molar-refractivity contribution in [3.63, 3.8) is 0 Å². The topological polar surface area (TPSA) is 240 Å². The van der Waals surface area contributed by atoms with E-state index in [0.29, 0.717) is 60.1 Å². The minimum Gasteiger partial charge on any atom is -0.486 e. The van der Waals surface area contributed by atoms with Gasteiger partial charge in [-0.1, -0.05) is 173 Å². The molecular weight excluding hydrogens is 1300 g/mol. The number of thioether (sulfide) groups is 2. The van der Waals surface area contributed by atoms with E-state index >= 15 is 0 Å². The molecular formula is C83H132O15S2. The predicted octanol–water partition coefficient (Wildman–Crippen LogP) is 18.9. The van der Waals surface area contributed by atoms with Crippen molar-refractivity contribution in [1.29, 1.82) is 0 Å². The quantitative estimate of drug-likeness (QED) is 0.0592. The minimum absolute atomic E-state index is 0.0360. The summed E-state index contributed by atoms with van der Waals surface area (Å²) < 4.78 is 9.57. The first kappa shape index (κ1) is 109. The van der Waals surface area contributed by atoms with Gasteiger partial charge in [0.1, 0.15) is 82.6 Å². The molecule has 0 amide bonds. The highest BCUT2D eigenvalue weighted by Gasteiger charge is 2.25. The molecule has 17 heteroatoms. The first-order valence-electron chi connectivity index (χ1n) is 34.1. The van der Waals surface area contributed by atoms with Gasteiger partial charge in [-0.15, -0.1) is 11.8 Å². The van der Waals surface area contributed by atoms with E-state index in [1.807, 2.05) is 169 Å². The molecule has 15 nitrogen and oxygen atoms in total. The number of carbonyl (C=O) groups is 13. The molecule has 0 N–H and O–H groups in total. The Morgan fingerprint density at radius 1 is 0.460 bits per heavy atom. The van der Waals surface area contributed by atoms with E-state index in [1.54, 1.807) is 92.8 Å². The lowest BCUT2D eigenvalue weighted by Gasteiger charge is -2.14. The molecule has 0 aliphatic heterocycles. The molecule has 0 atom stereocenters. The molecule has 0 radical (unpaired) electrons. The van der Waals surface area contributed by atoms with E-state index in [2.05, 4.69) is 39.4 Å². The number of benzene rings is 4. The van der Waals surface area contributed by atoms with Crippen LogP contribution >= 0.6 is 23.5 Å². The van der Waals surface area contributed by atoms with Crippen LogP contribution in [-0.2, 0) is 79.9 Å². The van der Waals surface area contributed by atoms with Crippen LogP contribution in [0.2, 0.25) is 0 Å². The maximum absolute atomic E-state index is 10.6. The van der Waals surface area contributed by atoms with Gasteiger partial charge in [0, 0.05) is 61.4 Å². The Morgan fingerprint density at radius 3 is 1.02 bits per heavy atom. The molecule has 1 aliphatic carbocycles. The summed E-state index contributed by atoms with van der Waals surface area (Å²) in [4.78, 5) is 135. The second kappa shape index (κ2) is 73.3. The summed E-state index contributed by atoms with van der Waals surface area (Å²) in [5.41, 5.74) is 2.50. The number of ether oxygens (including phenoxy) is 2. The van der Waals surface area contributed by atoms with Gasteiger partial charge in [-0.05, 0) is 182 Å². The molecule has 1 aliphatic rings. The van der Waals surface area contributed by atoms with Crippen molar-refractivity contribution in [1.82, 2.24) is 0 Å². The van der Waals surface area contributed by atoms with Gasteiger partial charge in [-0.2, -0.15) is 11.8 Å². The van der Waals surface area contributed by atoms with Gasteiger partial charge in [0.2, 0.25) is 0 Å². The van der Waals surface area contributed by atoms with Gasteiger partial charge < -0.3 is 28.7 Å². The number of Topliss-reactive ketones (excluding diaryl/α,β-unsaturated/α-hetero) is 13.